The fourth-order valence-electron chi connectivity index (χ4n) is 3.65. The molecular weight excluding hydrogens is 382 g/mol. The van der Waals surface area contributed by atoms with Gasteiger partial charge in [-0.3, -0.25) is 19.3 Å². The number of fused-ring (bicyclic) bond motifs is 2. The molecule has 0 atom stereocenters. The molecule has 0 fully saturated rings. The Balaban J connectivity index is 1.73. The van der Waals surface area contributed by atoms with E-state index in [1.54, 1.807) is 0 Å². The van der Waals surface area contributed by atoms with Crippen LogP contribution >= 0.6 is 0 Å². The van der Waals surface area contributed by atoms with E-state index in [1.165, 1.54) is 16.3 Å². The summed E-state index contributed by atoms with van der Waals surface area (Å²) in [4.78, 5) is 36.1. The Labute approximate surface area is 174 Å². The van der Waals surface area contributed by atoms with E-state index in [9.17, 15) is 14.4 Å². The van der Waals surface area contributed by atoms with Gasteiger partial charge in [-0.2, -0.15) is 0 Å². The second-order valence-corrected chi connectivity index (χ2v) is 7.31. The zero-order valence-corrected chi connectivity index (χ0v) is 17.1. The molecule has 0 heterocycles. The maximum absolute atomic E-state index is 12.2. The standard InChI is InChI=1S/C23H25N3O4/c1-15-16-7-3-5-9-18(16)20(19-10-6-4-8-17(15)19)13-26(2)14-22(28)24-11-21(27)25-12-23(29)30/h3-10H,11-14H2,1-2H3,(H,24,28)(H,25,27)(H,29,30). The number of hydrogen-bond acceptors (Lipinski definition) is 4. The second-order valence-electron chi connectivity index (χ2n) is 7.31. The van der Waals surface area contributed by atoms with Gasteiger partial charge in [-0.15, -0.1) is 0 Å². The van der Waals surface area contributed by atoms with Gasteiger partial charge in [-0.1, -0.05) is 48.5 Å². The van der Waals surface area contributed by atoms with Crippen LogP contribution in [0.4, 0.5) is 0 Å². The Morgan fingerprint density at radius 1 is 0.833 bits per heavy atom. The van der Waals surface area contributed by atoms with Gasteiger partial charge in [0.1, 0.15) is 6.54 Å². The van der Waals surface area contributed by atoms with Crippen LogP contribution in [0, 0.1) is 6.92 Å². The smallest absolute Gasteiger partial charge is 0.322 e. The Kier molecular flexibility index (Phi) is 6.64. The van der Waals surface area contributed by atoms with Crippen molar-refractivity contribution in [2.75, 3.05) is 26.7 Å². The molecule has 0 aliphatic carbocycles. The van der Waals surface area contributed by atoms with Crippen LogP contribution < -0.4 is 10.6 Å². The number of carbonyl (C=O) groups is 3. The summed E-state index contributed by atoms with van der Waals surface area (Å²) in [7, 11) is 1.85. The van der Waals surface area contributed by atoms with Crippen molar-refractivity contribution < 1.29 is 19.5 Å². The number of amides is 2. The van der Waals surface area contributed by atoms with Crippen LogP contribution in [0.25, 0.3) is 21.5 Å². The third-order valence-electron chi connectivity index (χ3n) is 5.04. The van der Waals surface area contributed by atoms with Gasteiger partial charge in [0.2, 0.25) is 11.8 Å². The zero-order valence-electron chi connectivity index (χ0n) is 17.1. The zero-order chi connectivity index (χ0) is 21.7. The molecule has 30 heavy (non-hydrogen) atoms. The molecule has 7 heteroatoms. The molecule has 0 aromatic heterocycles. The van der Waals surface area contributed by atoms with Crippen LogP contribution in [-0.2, 0) is 20.9 Å². The molecule has 3 aromatic carbocycles. The summed E-state index contributed by atoms with van der Waals surface area (Å²) in [5.74, 6) is -1.97. The maximum atomic E-state index is 12.2. The van der Waals surface area contributed by atoms with Crippen molar-refractivity contribution in [2.45, 2.75) is 13.5 Å². The number of carboxylic acid groups (broad SMARTS) is 1. The lowest BCUT2D eigenvalue weighted by molar-refractivity contribution is -0.137. The maximum Gasteiger partial charge on any atom is 0.322 e. The molecule has 2 amide bonds. The summed E-state index contributed by atoms with van der Waals surface area (Å²) >= 11 is 0. The third-order valence-corrected chi connectivity index (χ3v) is 5.04. The molecule has 0 aliphatic rings. The van der Waals surface area contributed by atoms with Crippen molar-refractivity contribution in [2.24, 2.45) is 0 Å². The molecule has 156 valence electrons. The Morgan fingerprint density at radius 3 is 1.87 bits per heavy atom. The summed E-state index contributed by atoms with van der Waals surface area (Å²) in [5.41, 5.74) is 2.39. The van der Waals surface area contributed by atoms with Gasteiger partial charge in [0.15, 0.2) is 0 Å². The van der Waals surface area contributed by atoms with E-state index in [2.05, 4.69) is 41.8 Å². The van der Waals surface area contributed by atoms with Crippen LogP contribution in [-0.4, -0.2) is 54.5 Å². The Hall–Kier alpha value is -3.45. The van der Waals surface area contributed by atoms with E-state index in [0.29, 0.717) is 6.54 Å². The third kappa shape index (κ3) is 4.93. The van der Waals surface area contributed by atoms with Gasteiger partial charge < -0.3 is 15.7 Å². The molecule has 0 aliphatic heterocycles. The minimum Gasteiger partial charge on any atom is -0.480 e. The van der Waals surface area contributed by atoms with Gasteiger partial charge in [0.05, 0.1) is 13.1 Å². The molecule has 0 saturated heterocycles. The highest BCUT2D eigenvalue weighted by molar-refractivity contribution is 6.05. The first kappa shape index (κ1) is 21.3. The van der Waals surface area contributed by atoms with E-state index >= 15 is 0 Å². The molecular formula is C23H25N3O4. The van der Waals surface area contributed by atoms with Crippen LogP contribution in [0.15, 0.2) is 48.5 Å². The van der Waals surface area contributed by atoms with Gasteiger partial charge in [-0.25, -0.2) is 0 Å². The largest absolute Gasteiger partial charge is 0.480 e. The number of nitrogens with zero attached hydrogens (tertiary/aromatic N) is 1. The predicted molar refractivity (Wildman–Crippen MR) is 116 cm³/mol. The lowest BCUT2D eigenvalue weighted by atomic mass is 9.92. The van der Waals surface area contributed by atoms with Crippen molar-refractivity contribution in [1.29, 1.82) is 0 Å². The predicted octanol–water partition coefficient (Wildman–Crippen LogP) is 2.05. The highest BCUT2D eigenvalue weighted by atomic mass is 16.4. The lowest BCUT2D eigenvalue weighted by Crippen LogP contribution is -2.42. The molecule has 3 N–H and O–H groups in total. The number of nitrogens with one attached hydrogen (secondary N) is 2. The van der Waals surface area contributed by atoms with Crippen molar-refractivity contribution >= 4 is 39.3 Å². The number of benzene rings is 3. The Bertz CT molecular complexity index is 1050. The quantitative estimate of drug-likeness (QED) is 0.497. The monoisotopic (exact) mass is 407 g/mol. The number of likely N-dealkylation sites (N-methyl/N-ethyl adjacent to an activating group) is 1. The molecule has 0 spiro atoms. The van der Waals surface area contributed by atoms with Crippen molar-refractivity contribution in [3.05, 3.63) is 59.7 Å². The first-order chi connectivity index (χ1) is 14.4. The second kappa shape index (κ2) is 9.37. The topological polar surface area (TPSA) is 98.7 Å². The number of aliphatic carboxylic acids is 1. The summed E-state index contributed by atoms with van der Waals surface area (Å²) in [6, 6.07) is 16.5. The molecule has 7 nitrogen and oxygen atoms in total. The number of aryl methyl sites for hydroxylation is 1. The molecule has 3 aromatic rings. The number of carboxylic acids is 1. The average Bonchev–Trinajstić information content (AvgIpc) is 2.73. The minimum absolute atomic E-state index is 0.114. The van der Waals surface area contributed by atoms with E-state index in [4.69, 9.17) is 5.11 Å². The lowest BCUT2D eigenvalue weighted by Gasteiger charge is -2.20. The van der Waals surface area contributed by atoms with E-state index < -0.39 is 18.4 Å². The van der Waals surface area contributed by atoms with Gasteiger partial charge in [0.25, 0.3) is 0 Å². The number of hydrogen-bond donors (Lipinski definition) is 3. The molecule has 3 rings (SSSR count). The highest BCUT2D eigenvalue weighted by Crippen LogP contribution is 2.32. The van der Waals surface area contributed by atoms with Crippen LogP contribution in [0.1, 0.15) is 11.1 Å². The first-order valence-electron chi connectivity index (χ1n) is 9.69. The summed E-state index contributed by atoms with van der Waals surface area (Å²) < 4.78 is 0. The van der Waals surface area contributed by atoms with Gasteiger partial charge in [0, 0.05) is 6.54 Å². The van der Waals surface area contributed by atoms with E-state index in [0.717, 1.165) is 16.3 Å². The van der Waals surface area contributed by atoms with Crippen LogP contribution in [0.2, 0.25) is 0 Å². The summed E-state index contributed by atoms with van der Waals surface area (Å²) in [5, 5.41) is 18.0. The van der Waals surface area contributed by atoms with Crippen molar-refractivity contribution in [3.8, 4) is 0 Å². The fraction of sp³-hybridized carbons (Fsp3) is 0.261. The number of carbonyl (C=O) groups excluding carboxylic acids is 2. The summed E-state index contributed by atoms with van der Waals surface area (Å²) in [6.07, 6.45) is 0. The minimum atomic E-state index is -1.13. The molecule has 0 unspecified atom stereocenters. The van der Waals surface area contributed by atoms with Crippen LogP contribution in [0.5, 0.6) is 0 Å². The van der Waals surface area contributed by atoms with Gasteiger partial charge in [-0.05, 0) is 46.6 Å². The Morgan fingerprint density at radius 2 is 1.33 bits per heavy atom. The highest BCUT2D eigenvalue weighted by Gasteiger charge is 2.15. The summed E-state index contributed by atoms with van der Waals surface area (Å²) in [6.45, 7) is 2.09. The molecule has 0 radical (unpaired) electrons. The fourth-order valence-corrected chi connectivity index (χ4v) is 3.65. The molecule has 0 bridgehead atoms. The number of rotatable bonds is 8. The normalized spacial score (nSPS) is 11.0. The van der Waals surface area contributed by atoms with Crippen molar-refractivity contribution in [1.82, 2.24) is 15.5 Å². The first-order valence-corrected chi connectivity index (χ1v) is 9.69. The van der Waals surface area contributed by atoms with E-state index in [1.807, 2.05) is 36.2 Å². The average molecular weight is 407 g/mol. The van der Waals surface area contributed by atoms with Crippen LogP contribution in [0.3, 0.4) is 0 Å². The van der Waals surface area contributed by atoms with Gasteiger partial charge >= 0.3 is 5.97 Å². The van der Waals surface area contributed by atoms with Crippen molar-refractivity contribution in [3.63, 3.8) is 0 Å². The SMILES string of the molecule is Cc1c2ccccc2c(CN(C)CC(=O)NCC(=O)NCC(=O)O)c2ccccc12. The van der Waals surface area contributed by atoms with E-state index in [-0.39, 0.29) is 19.0 Å². The molecule has 0 saturated carbocycles.